The van der Waals surface area contributed by atoms with Gasteiger partial charge in [0.1, 0.15) is 5.75 Å². The lowest BCUT2D eigenvalue weighted by molar-refractivity contribution is -0.274. The van der Waals surface area contributed by atoms with E-state index in [-0.39, 0.29) is 18.8 Å². The highest BCUT2D eigenvalue weighted by Gasteiger charge is 2.31. The number of rotatable bonds is 6. The van der Waals surface area contributed by atoms with Gasteiger partial charge >= 0.3 is 6.36 Å². The van der Waals surface area contributed by atoms with Gasteiger partial charge < -0.3 is 15.4 Å². The van der Waals surface area contributed by atoms with E-state index in [9.17, 15) is 22.8 Å². The van der Waals surface area contributed by atoms with E-state index in [1.54, 1.807) is 30.3 Å². The Kier molecular flexibility index (Phi) is 8.63. The number of hydrogen-bond acceptors (Lipinski definition) is 3. The third-order valence-electron chi connectivity index (χ3n) is 3.85. The predicted octanol–water partition coefficient (Wildman–Crippen LogP) is 4.40. The van der Waals surface area contributed by atoms with Crippen molar-refractivity contribution in [1.82, 2.24) is 4.90 Å². The summed E-state index contributed by atoms with van der Waals surface area (Å²) in [6.45, 7) is -0.294. The molecule has 0 aliphatic rings. The molecule has 3 aromatic carbocycles. The first-order chi connectivity index (χ1) is 14.7. The number of nitrogens with zero attached hydrogens (tertiary/aromatic N) is 1. The number of benzene rings is 3. The highest BCUT2D eigenvalue weighted by Crippen LogP contribution is 2.23. The van der Waals surface area contributed by atoms with Crippen molar-refractivity contribution in [3.05, 3.63) is 102 Å². The van der Waals surface area contributed by atoms with Crippen molar-refractivity contribution in [3.63, 3.8) is 0 Å². The zero-order valence-electron chi connectivity index (χ0n) is 16.5. The fourth-order valence-corrected chi connectivity index (χ4v) is 2.55. The van der Waals surface area contributed by atoms with Crippen LogP contribution in [0.3, 0.4) is 0 Å². The Balaban J connectivity index is 0.000000488. The number of alkyl halides is 3. The molecule has 0 aliphatic heterocycles. The molecule has 5 nitrogen and oxygen atoms in total. The van der Waals surface area contributed by atoms with Crippen LogP contribution >= 0.6 is 0 Å². The summed E-state index contributed by atoms with van der Waals surface area (Å²) in [5.41, 5.74) is 6.08. The van der Waals surface area contributed by atoms with Crippen molar-refractivity contribution in [2.24, 2.45) is 5.73 Å². The number of carbonyl (C=O) groups is 2. The normalized spacial score (nSPS) is 10.4. The van der Waals surface area contributed by atoms with E-state index in [1.165, 1.54) is 17.0 Å². The first-order valence-corrected chi connectivity index (χ1v) is 9.22. The monoisotopic (exact) mass is 430 g/mol. The third-order valence-corrected chi connectivity index (χ3v) is 3.85. The number of amides is 2. The Bertz CT molecular complexity index is 921. The Labute approximate surface area is 177 Å². The Morgan fingerprint density at radius 1 is 0.806 bits per heavy atom. The second kappa shape index (κ2) is 11.4. The van der Waals surface area contributed by atoms with E-state index in [2.05, 4.69) is 4.74 Å². The molecule has 0 radical (unpaired) electrons. The molecule has 3 aromatic rings. The maximum atomic E-state index is 12.5. The number of hydrogen-bond donors (Lipinski definition) is 1. The van der Waals surface area contributed by atoms with E-state index < -0.39 is 18.2 Å². The number of nitrogens with two attached hydrogens (primary N) is 1. The van der Waals surface area contributed by atoms with E-state index in [4.69, 9.17) is 5.73 Å². The van der Waals surface area contributed by atoms with E-state index in [0.717, 1.165) is 12.1 Å². The summed E-state index contributed by atoms with van der Waals surface area (Å²) in [4.78, 5) is 24.9. The molecule has 0 atom stereocenters. The first-order valence-electron chi connectivity index (χ1n) is 9.22. The van der Waals surface area contributed by atoms with Gasteiger partial charge in [0.15, 0.2) is 0 Å². The minimum atomic E-state index is -4.78. The molecule has 2 amide bonds. The van der Waals surface area contributed by atoms with E-state index >= 15 is 0 Å². The van der Waals surface area contributed by atoms with Gasteiger partial charge in [-0.1, -0.05) is 66.7 Å². The van der Waals surface area contributed by atoms with Crippen molar-refractivity contribution >= 4 is 11.8 Å². The smallest absolute Gasteiger partial charge is 0.406 e. The summed E-state index contributed by atoms with van der Waals surface area (Å²) >= 11 is 0. The molecular weight excluding hydrogens is 409 g/mol. The van der Waals surface area contributed by atoms with Crippen molar-refractivity contribution in [3.8, 4) is 5.75 Å². The van der Waals surface area contributed by atoms with Crippen LogP contribution in [0.1, 0.15) is 15.9 Å². The largest absolute Gasteiger partial charge is 0.573 e. The van der Waals surface area contributed by atoms with E-state index in [0.29, 0.717) is 11.1 Å². The van der Waals surface area contributed by atoms with E-state index in [1.807, 2.05) is 36.4 Å². The predicted molar refractivity (Wildman–Crippen MR) is 110 cm³/mol. The summed E-state index contributed by atoms with van der Waals surface area (Å²) in [6.07, 6.45) is -4.78. The molecule has 0 aromatic heterocycles. The van der Waals surface area contributed by atoms with Gasteiger partial charge in [-0.05, 0) is 29.8 Å². The number of carbonyl (C=O) groups excluding carboxylic acids is 2. The van der Waals surface area contributed by atoms with Crippen LogP contribution in [0.2, 0.25) is 0 Å². The first kappa shape index (κ1) is 23.5. The average molecular weight is 430 g/mol. The summed E-state index contributed by atoms with van der Waals surface area (Å²) < 4.78 is 40.3. The Morgan fingerprint density at radius 3 is 1.74 bits per heavy atom. The second-order valence-electron chi connectivity index (χ2n) is 6.34. The van der Waals surface area contributed by atoms with Crippen LogP contribution < -0.4 is 10.5 Å². The molecule has 31 heavy (non-hydrogen) atoms. The van der Waals surface area contributed by atoms with Crippen LogP contribution in [0.4, 0.5) is 13.2 Å². The molecule has 0 saturated heterocycles. The number of ether oxygens (including phenoxy) is 1. The van der Waals surface area contributed by atoms with Gasteiger partial charge in [0.2, 0.25) is 5.91 Å². The molecule has 0 saturated carbocycles. The molecule has 0 spiro atoms. The van der Waals surface area contributed by atoms with Crippen molar-refractivity contribution in [2.75, 3.05) is 6.54 Å². The minimum absolute atomic E-state index is 0.0168. The fraction of sp³-hybridized carbons (Fsp3) is 0.130. The standard InChI is InChI=1S/C17H15F3N2O3.C6H6/c18-17(19,20)25-14-8-6-12(7-9-14)10-22(11-15(21)23)16(24)13-4-2-1-3-5-13;1-2-4-6-5-3-1/h1-9H,10-11H2,(H2,21,23);1-6H. The topological polar surface area (TPSA) is 72.6 Å². The van der Waals surface area contributed by atoms with Gasteiger partial charge in [0.05, 0.1) is 6.54 Å². The van der Waals surface area contributed by atoms with Crippen LogP contribution in [-0.4, -0.2) is 29.6 Å². The SMILES string of the molecule is NC(=O)CN(Cc1ccc(OC(F)(F)F)cc1)C(=O)c1ccccc1.c1ccccc1. The molecule has 3 rings (SSSR count). The third kappa shape index (κ3) is 9.03. The summed E-state index contributed by atoms with van der Waals surface area (Å²) in [5, 5.41) is 0. The molecule has 0 aliphatic carbocycles. The maximum absolute atomic E-state index is 12.5. The minimum Gasteiger partial charge on any atom is -0.406 e. The molecule has 0 fully saturated rings. The van der Waals surface area contributed by atoms with Gasteiger partial charge in [-0.3, -0.25) is 9.59 Å². The summed E-state index contributed by atoms with van der Waals surface area (Å²) in [6, 6.07) is 25.3. The molecule has 162 valence electrons. The van der Waals surface area contributed by atoms with Gasteiger partial charge in [-0.2, -0.15) is 0 Å². The fourth-order valence-electron chi connectivity index (χ4n) is 2.55. The van der Waals surface area contributed by atoms with Gasteiger partial charge in [0, 0.05) is 12.1 Å². The Morgan fingerprint density at radius 2 is 1.29 bits per heavy atom. The van der Waals surface area contributed by atoms with Crippen LogP contribution in [0.15, 0.2) is 91.0 Å². The van der Waals surface area contributed by atoms with Gasteiger partial charge in [-0.25, -0.2) is 0 Å². The molecule has 0 bridgehead atoms. The highest BCUT2D eigenvalue weighted by molar-refractivity contribution is 5.96. The van der Waals surface area contributed by atoms with Gasteiger partial charge in [-0.15, -0.1) is 13.2 Å². The molecule has 2 N–H and O–H groups in total. The Hall–Kier alpha value is -3.81. The van der Waals surface area contributed by atoms with Crippen molar-refractivity contribution in [2.45, 2.75) is 12.9 Å². The van der Waals surface area contributed by atoms with Crippen LogP contribution in [0, 0.1) is 0 Å². The van der Waals surface area contributed by atoms with Crippen LogP contribution in [0.5, 0.6) is 5.75 Å². The average Bonchev–Trinajstić information content (AvgIpc) is 2.75. The lowest BCUT2D eigenvalue weighted by Gasteiger charge is -2.21. The zero-order valence-corrected chi connectivity index (χ0v) is 16.5. The van der Waals surface area contributed by atoms with Crippen molar-refractivity contribution in [1.29, 1.82) is 0 Å². The second-order valence-corrected chi connectivity index (χ2v) is 6.34. The van der Waals surface area contributed by atoms with Crippen LogP contribution in [0.25, 0.3) is 0 Å². The number of primary amides is 1. The molecule has 0 unspecified atom stereocenters. The number of halogens is 3. The highest BCUT2D eigenvalue weighted by atomic mass is 19.4. The zero-order chi connectivity index (χ0) is 22.7. The lowest BCUT2D eigenvalue weighted by Crippen LogP contribution is -2.38. The van der Waals surface area contributed by atoms with Gasteiger partial charge in [0.25, 0.3) is 5.91 Å². The summed E-state index contributed by atoms with van der Waals surface area (Å²) in [7, 11) is 0. The lowest BCUT2D eigenvalue weighted by atomic mass is 10.1. The summed E-state index contributed by atoms with van der Waals surface area (Å²) in [5.74, 6) is -1.47. The maximum Gasteiger partial charge on any atom is 0.573 e. The molecule has 0 heterocycles. The van der Waals surface area contributed by atoms with Crippen LogP contribution in [-0.2, 0) is 11.3 Å². The quantitative estimate of drug-likeness (QED) is 0.630. The van der Waals surface area contributed by atoms with Crippen molar-refractivity contribution < 1.29 is 27.5 Å². The molecular formula is C23H21F3N2O3. The molecule has 8 heteroatoms.